The van der Waals surface area contributed by atoms with E-state index in [0.717, 1.165) is 32.7 Å². The second-order valence-electron chi connectivity index (χ2n) is 5.76. The Bertz CT molecular complexity index is 473. The zero-order chi connectivity index (χ0) is 15.8. The van der Waals surface area contributed by atoms with Crippen LogP contribution in [-0.2, 0) is 6.42 Å². The highest BCUT2D eigenvalue weighted by molar-refractivity contribution is 5.74. The highest BCUT2D eigenvalue weighted by Gasteiger charge is 2.20. The van der Waals surface area contributed by atoms with Gasteiger partial charge in [-0.1, -0.05) is 31.5 Å². The fraction of sp³-hybridized carbons (Fsp3) is 0.588. The molecule has 0 bridgehead atoms. The van der Waals surface area contributed by atoms with Crippen molar-refractivity contribution in [3.63, 3.8) is 0 Å². The standard InChI is InChI=1S/C17H26FN3O/c1-2-3-10-20-11-13-21(14-12-20)17(22)19-9-8-15-6-4-5-7-16(15)18/h4-7H,2-3,8-14H2,1H3,(H,19,22). The SMILES string of the molecule is CCCCN1CCN(C(=O)NCCc2ccccc2F)CC1. The van der Waals surface area contributed by atoms with Gasteiger partial charge in [-0.3, -0.25) is 4.90 Å². The molecule has 1 aromatic carbocycles. The van der Waals surface area contributed by atoms with Crippen LogP contribution in [0.15, 0.2) is 24.3 Å². The van der Waals surface area contributed by atoms with Gasteiger partial charge in [0.05, 0.1) is 0 Å². The van der Waals surface area contributed by atoms with Gasteiger partial charge in [0.2, 0.25) is 0 Å². The molecule has 22 heavy (non-hydrogen) atoms. The van der Waals surface area contributed by atoms with Crippen molar-refractivity contribution < 1.29 is 9.18 Å². The largest absolute Gasteiger partial charge is 0.338 e. The molecule has 5 heteroatoms. The van der Waals surface area contributed by atoms with E-state index in [4.69, 9.17) is 0 Å². The number of benzene rings is 1. The number of carbonyl (C=O) groups excluding carboxylic acids is 1. The van der Waals surface area contributed by atoms with Gasteiger partial charge in [0, 0.05) is 32.7 Å². The summed E-state index contributed by atoms with van der Waals surface area (Å²) in [7, 11) is 0. The molecule has 0 radical (unpaired) electrons. The number of piperazine rings is 1. The van der Waals surface area contributed by atoms with E-state index in [1.54, 1.807) is 12.1 Å². The number of hydrogen-bond acceptors (Lipinski definition) is 2. The summed E-state index contributed by atoms with van der Waals surface area (Å²) in [6.07, 6.45) is 2.94. The average molecular weight is 307 g/mol. The minimum atomic E-state index is -0.207. The molecule has 1 N–H and O–H groups in total. The molecule has 0 aliphatic carbocycles. The first-order valence-corrected chi connectivity index (χ1v) is 8.19. The van der Waals surface area contributed by atoms with E-state index in [2.05, 4.69) is 17.1 Å². The number of nitrogens with zero attached hydrogens (tertiary/aromatic N) is 2. The molecule has 0 unspecified atom stereocenters. The van der Waals surface area contributed by atoms with Crippen LogP contribution >= 0.6 is 0 Å². The molecule has 1 aliphatic rings. The molecule has 4 nitrogen and oxygen atoms in total. The number of nitrogens with one attached hydrogen (secondary N) is 1. The number of carbonyl (C=O) groups is 1. The number of unbranched alkanes of at least 4 members (excludes halogenated alkanes) is 1. The van der Waals surface area contributed by atoms with Crippen LogP contribution in [0.3, 0.4) is 0 Å². The van der Waals surface area contributed by atoms with Crippen molar-refractivity contribution in [1.82, 2.24) is 15.1 Å². The Balaban J connectivity index is 1.67. The lowest BCUT2D eigenvalue weighted by Gasteiger charge is -2.34. The Morgan fingerprint density at radius 1 is 1.23 bits per heavy atom. The summed E-state index contributed by atoms with van der Waals surface area (Å²) in [6.45, 7) is 7.22. The minimum absolute atomic E-state index is 0.0357. The Kier molecular flexibility index (Phi) is 6.65. The maximum atomic E-state index is 13.5. The van der Waals surface area contributed by atoms with Gasteiger partial charge >= 0.3 is 6.03 Å². The molecule has 0 aromatic heterocycles. The van der Waals surface area contributed by atoms with E-state index in [-0.39, 0.29) is 11.8 Å². The molecule has 122 valence electrons. The second kappa shape index (κ2) is 8.73. The van der Waals surface area contributed by atoms with E-state index < -0.39 is 0 Å². The lowest BCUT2D eigenvalue weighted by Crippen LogP contribution is -2.52. The molecule has 0 saturated carbocycles. The van der Waals surface area contributed by atoms with Gasteiger partial charge in [-0.05, 0) is 31.0 Å². The smallest absolute Gasteiger partial charge is 0.317 e. The van der Waals surface area contributed by atoms with Crippen LogP contribution in [-0.4, -0.2) is 55.1 Å². The van der Waals surface area contributed by atoms with Crippen LogP contribution < -0.4 is 5.32 Å². The molecule has 0 atom stereocenters. The summed E-state index contributed by atoms with van der Waals surface area (Å²) in [5.74, 6) is -0.207. The summed E-state index contributed by atoms with van der Waals surface area (Å²) < 4.78 is 13.5. The summed E-state index contributed by atoms with van der Waals surface area (Å²) in [4.78, 5) is 16.4. The summed E-state index contributed by atoms with van der Waals surface area (Å²) in [6, 6.07) is 6.66. The quantitative estimate of drug-likeness (QED) is 0.876. The Labute approximate surface area is 132 Å². The van der Waals surface area contributed by atoms with Crippen LogP contribution in [0, 0.1) is 5.82 Å². The van der Waals surface area contributed by atoms with Crippen molar-refractivity contribution in [3.05, 3.63) is 35.6 Å². The highest BCUT2D eigenvalue weighted by Crippen LogP contribution is 2.07. The predicted molar refractivity (Wildman–Crippen MR) is 86.4 cm³/mol. The molecule has 1 saturated heterocycles. The molecular weight excluding hydrogens is 281 g/mol. The normalized spacial score (nSPS) is 15.8. The van der Waals surface area contributed by atoms with Gasteiger partial charge in [-0.2, -0.15) is 0 Å². The van der Waals surface area contributed by atoms with Crippen LogP contribution in [0.4, 0.5) is 9.18 Å². The van der Waals surface area contributed by atoms with Crippen molar-refractivity contribution in [3.8, 4) is 0 Å². The molecule has 1 aliphatic heterocycles. The molecule has 1 heterocycles. The number of amides is 2. The second-order valence-corrected chi connectivity index (χ2v) is 5.76. The highest BCUT2D eigenvalue weighted by atomic mass is 19.1. The van der Waals surface area contributed by atoms with Gasteiger partial charge in [-0.15, -0.1) is 0 Å². The third-order valence-corrected chi connectivity index (χ3v) is 4.12. The minimum Gasteiger partial charge on any atom is -0.338 e. The van der Waals surface area contributed by atoms with Gasteiger partial charge in [0.15, 0.2) is 0 Å². The summed E-state index contributed by atoms with van der Waals surface area (Å²) >= 11 is 0. The fourth-order valence-electron chi connectivity index (χ4n) is 2.67. The maximum absolute atomic E-state index is 13.5. The van der Waals surface area contributed by atoms with E-state index in [1.807, 2.05) is 11.0 Å². The third-order valence-electron chi connectivity index (χ3n) is 4.12. The van der Waals surface area contributed by atoms with Crippen molar-refractivity contribution in [2.45, 2.75) is 26.2 Å². The summed E-state index contributed by atoms with van der Waals surface area (Å²) in [5, 5.41) is 2.89. The number of urea groups is 1. The third kappa shape index (κ3) is 4.98. The molecule has 1 aromatic rings. The Morgan fingerprint density at radius 3 is 2.64 bits per heavy atom. The van der Waals surface area contributed by atoms with Crippen molar-refractivity contribution >= 4 is 6.03 Å². The summed E-state index contributed by atoms with van der Waals surface area (Å²) in [5.41, 5.74) is 0.646. The van der Waals surface area contributed by atoms with Gasteiger partial charge < -0.3 is 10.2 Å². The van der Waals surface area contributed by atoms with Crippen LogP contribution in [0.25, 0.3) is 0 Å². The monoisotopic (exact) mass is 307 g/mol. The molecule has 0 spiro atoms. The lowest BCUT2D eigenvalue weighted by molar-refractivity contribution is 0.138. The van der Waals surface area contributed by atoms with Crippen molar-refractivity contribution in [1.29, 1.82) is 0 Å². The molecule has 2 rings (SSSR count). The molecular formula is C17H26FN3O. The maximum Gasteiger partial charge on any atom is 0.317 e. The number of hydrogen-bond donors (Lipinski definition) is 1. The molecule has 1 fully saturated rings. The predicted octanol–water partition coefficient (Wildman–Crippen LogP) is 2.50. The first-order chi connectivity index (χ1) is 10.7. The van der Waals surface area contributed by atoms with E-state index in [9.17, 15) is 9.18 Å². The van der Waals surface area contributed by atoms with Crippen LogP contribution in [0.1, 0.15) is 25.3 Å². The first-order valence-electron chi connectivity index (χ1n) is 8.19. The van der Waals surface area contributed by atoms with E-state index in [0.29, 0.717) is 18.5 Å². The van der Waals surface area contributed by atoms with Crippen molar-refractivity contribution in [2.24, 2.45) is 0 Å². The fourth-order valence-corrected chi connectivity index (χ4v) is 2.67. The van der Waals surface area contributed by atoms with Gasteiger partial charge in [0.25, 0.3) is 0 Å². The zero-order valence-corrected chi connectivity index (χ0v) is 13.4. The van der Waals surface area contributed by atoms with E-state index in [1.165, 1.54) is 18.9 Å². The van der Waals surface area contributed by atoms with Crippen LogP contribution in [0.2, 0.25) is 0 Å². The topological polar surface area (TPSA) is 35.6 Å². The van der Waals surface area contributed by atoms with E-state index >= 15 is 0 Å². The zero-order valence-electron chi connectivity index (χ0n) is 13.4. The Morgan fingerprint density at radius 2 is 1.95 bits per heavy atom. The molecule has 2 amide bonds. The lowest BCUT2D eigenvalue weighted by atomic mass is 10.1. The Hall–Kier alpha value is -1.62. The average Bonchev–Trinajstić information content (AvgIpc) is 2.55. The van der Waals surface area contributed by atoms with Gasteiger partial charge in [-0.25, -0.2) is 9.18 Å². The number of rotatable bonds is 6. The van der Waals surface area contributed by atoms with Crippen molar-refractivity contribution in [2.75, 3.05) is 39.3 Å². The number of halogens is 1. The van der Waals surface area contributed by atoms with Gasteiger partial charge in [0.1, 0.15) is 5.82 Å². The first kappa shape index (κ1) is 16.7. The van der Waals surface area contributed by atoms with Crippen LogP contribution in [0.5, 0.6) is 0 Å².